The van der Waals surface area contributed by atoms with Gasteiger partial charge in [-0.15, -0.1) is 0 Å². The number of ether oxygens (including phenoxy) is 2. The Bertz CT molecular complexity index is 1150. The molecule has 0 saturated carbocycles. The third-order valence-corrected chi connectivity index (χ3v) is 5.24. The van der Waals surface area contributed by atoms with Gasteiger partial charge < -0.3 is 19.0 Å². The molecular weight excluding hydrogens is 524 g/mol. The van der Waals surface area contributed by atoms with Crippen molar-refractivity contribution >= 4 is 60.6 Å². The first kappa shape index (κ1) is 22.2. The zero-order valence-corrected chi connectivity index (χ0v) is 19.3. The maximum absolute atomic E-state index is 13.3. The van der Waals surface area contributed by atoms with Crippen LogP contribution in [-0.4, -0.2) is 22.8 Å². The fraction of sp³-hybridized carbons (Fsp3) is 0.190. The Morgan fingerprint density at radius 1 is 1.00 bits per heavy atom. The van der Waals surface area contributed by atoms with Crippen LogP contribution in [0.2, 0.25) is 0 Å². The number of halogens is 2. The molecule has 156 valence electrons. The lowest BCUT2D eigenvalue weighted by Crippen LogP contribution is -2.08. The van der Waals surface area contributed by atoms with Crippen molar-refractivity contribution in [2.24, 2.45) is 0 Å². The van der Waals surface area contributed by atoms with E-state index in [2.05, 4.69) is 31.9 Å². The minimum absolute atomic E-state index is 0.0892. The van der Waals surface area contributed by atoms with Crippen molar-refractivity contribution in [1.82, 2.24) is 0 Å². The van der Waals surface area contributed by atoms with Crippen molar-refractivity contribution in [2.75, 3.05) is 0 Å². The second-order valence-electron chi connectivity index (χ2n) is 6.46. The largest absolute Gasteiger partial charge is 0.457 e. The lowest BCUT2D eigenvalue weighted by atomic mass is 9.98. The second-order valence-corrected chi connectivity index (χ2v) is 8.17. The van der Waals surface area contributed by atoms with E-state index in [4.69, 9.17) is 13.9 Å². The lowest BCUT2D eigenvalue weighted by Gasteiger charge is -2.10. The molecule has 3 aromatic rings. The van der Waals surface area contributed by atoms with Crippen LogP contribution in [0, 0.1) is 0 Å². The molecule has 0 fully saturated rings. The molecule has 9 heteroatoms. The fourth-order valence-electron chi connectivity index (χ4n) is 2.93. The molecule has 0 amide bonds. The number of rotatable bonds is 5. The number of ketones is 1. The molecule has 1 aromatic heterocycles. The summed E-state index contributed by atoms with van der Waals surface area (Å²) >= 11 is 6.61. The fourth-order valence-corrected chi connectivity index (χ4v) is 4.28. The first-order valence-corrected chi connectivity index (χ1v) is 10.3. The first-order valence-electron chi connectivity index (χ1n) is 8.73. The number of hydrogen-bond acceptors (Lipinski definition) is 7. The molecule has 0 radical (unpaired) electrons. The van der Waals surface area contributed by atoms with E-state index in [-0.39, 0.29) is 28.4 Å². The molecule has 0 bridgehead atoms. The predicted molar refractivity (Wildman–Crippen MR) is 115 cm³/mol. The van der Waals surface area contributed by atoms with Gasteiger partial charge in [0.15, 0.2) is 11.5 Å². The van der Waals surface area contributed by atoms with Crippen LogP contribution in [-0.2, 0) is 9.59 Å². The molecule has 0 aliphatic rings. The smallest absolute Gasteiger partial charge is 0.308 e. The summed E-state index contributed by atoms with van der Waals surface area (Å²) in [5.74, 6) is -0.798. The zero-order chi connectivity index (χ0) is 22.2. The normalized spacial score (nSPS) is 11.9. The van der Waals surface area contributed by atoms with Crippen LogP contribution in [0.5, 0.6) is 11.5 Å². The Labute approximate surface area is 188 Å². The maximum atomic E-state index is 13.3. The lowest BCUT2D eigenvalue weighted by molar-refractivity contribution is -0.132. The van der Waals surface area contributed by atoms with E-state index in [0.717, 1.165) is 0 Å². The average molecular weight is 540 g/mol. The van der Waals surface area contributed by atoms with Crippen molar-refractivity contribution in [2.45, 2.75) is 26.9 Å². The van der Waals surface area contributed by atoms with Gasteiger partial charge in [-0.05, 0) is 63.0 Å². The Kier molecular flexibility index (Phi) is 6.44. The average Bonchev–Trinajstić information content (AvgIpc) is 3.02. The summed E-state index contributed by atoms with van der Waals surface area (Å²) in [5, 5.41) is 10.6. The number of furan rings is 1. The quantitative estimate of drug-likeness (QED) is 0.273. The molecule has 0 spiro atoms. The first-order chi connectivity index (χ1) is 14.1. The summed E-state index contributed by atoms with van der Waals surface area (Å²) in [4.78, 5) is 35.8. The molecule has 0 aliphatic heterocycles. The van der Waals surface area contributed by atoms with E-state index < -0.39 is 23.8 Å². The van der Waals surface area contributed by atoms with E-state index >= 15 is 0 Å². The van der Waals surface area contributed by atoms with Gasteiger partial charge in [0.2, 0.25) is 0 Å². The van der Waals surface area contributed by atoms with Crippen LogP contribution in [0.4, 0.5) is 0 Å². The molecule has 30 heavy (non-hydrogen) atoms. The summed E-state index contributed by atoms with van der Waals surface area (Å²) in [6.07, 6.45) is -1.05. The minimum atomic E-state index is -1.05. The molecule has 0 saturated heterocycles. The molecule has 3 rings (SSSR count). The standard InChI is InChI=1S/C21H16Br2O7/c1-9(24)20-18(14-5-4-13(28-10(2)25)8-17(14)30-20)19(27)12-6-15(22)21(16(23)7-12)29-11(3)26/h4-9,24H,1-3H3. The van der Waals surface area contributed by atoms with Crippen molar-refractivity contribution in [3.05, 3.63) is 56.2 Å². The molecule has 0 aliphatic carbocycles. The van der Waals surface area contributed by atoms with E-state index in [1.807, 2.05) is 0 Å². The summed E-state index contributed by atoms with van der Waals surface area (Å²) in [6.45, 7) is 4.03. The van der Waals surface area contributed by atoms with Gasteiger partial charge in [0.25, 0.3) is 0 Å². The molecule has 1 unspecified atom stereocenters. The summed E-state index contributed by atoms with van der Waals surface area (Å²) < 4.78 is 16.7. The predicted octanol–water partition coefficient (Wildman–Crippen LogP) is 5.09. The third-order valence-electron chi connectivity index (χ3n) is 4.06. The van der Waals surface area contributed by atoms with Gasteiger partial charge in [0.1, 0.15) is 23.2 Å². The number of esters is 2. The summed E-state index contributed by atoms with van der Waals surface area (Å²) in [6, 6.07) is 7.65. The van der Waals surface area contributed by atoms with Crippen LogP contribution in [0.25, 0.3) is 11.0 Å². The number of benzene rings is 2. The monoisotopic (exact) mass is 538 g/mol. The highest BCUT2D eigenvalue weighted by Gasteiger charge is 2.26. The number of aliphatic hydroxyl groups is 1. The van der Waals surface area contributed by atoms with Crippen molar-refractivity contribution < 1.29 is 33.4 Å². The van der Waals surface area contributed by atoms with E-state index in [1.165, 1.54) is 45.0 Å². The highest BCUT2D eigenvalue weighted by atomic mass is 79.9. The Hall–Kier alpha value is -2.49. The summed E-state index contributed by atoms with van der Waals surface area (Å²) in [7, 11) is 0. The van der Waals surface area contributed by atoms with Crippen LogP contribution in [0.3, 0.4) is 0 Å². The molecule has 2 aromatic carbocycles. The van der Waals surface area contributed by atoms with Crippen LogP contribution in [0.15, 0.2) is 43.7 Å². The number of carbonyl (C=O) groups excluding carboxylic acids is 3. The molecule has 1 atom stereocenters. The number of fused-ring (bicyclic) bond motifs is 1. The van der Waals surface area contributed by atoms with Gasteiger partial charge in [-0.3, -0.25) is 14.4 Å². The van der Waals surface area contributed by atoms with Crippen LogP contribution >= 0.6 is 31.9 Å². The van der Waals surface area contributed by atoms with Gasteiger partial charge in [0, 0.05) is 30.9 Å². The van der Waals surface area contributed by atoms with E-state index in [0.29, 0.717) is 19.9 Å². The Morgan fingerprint density at radius 3 is 2.13 bits per heavy atom. The van der Waals surface area contributed by atoms with Gasteiger partial charge in [-0.25, -0.2) is 0 Å². The summed E-state index contributed by atoms with van der Waals surface area (Å²) in [5.41, 5.74) is 0.759. The topological polar surface area (TPSA) is 103 Å². The van der Waals surface area contributed by atoms with Gasteiger partial charge in [0.05, 0.1) is 14.5 Å². The second kappa shape index (κ2) is 8.71. The van der Waals surface area contributed by atoms with E-state index in [9.17, 15) is 19.5 Å². The van der Waals surface area contributed by atoms with Crippen LogP contribution in [0.1, 0.15) is 48.6 Å². The van der Waals surface area contributed by atoms with Gasteiger partial charge in [-0.1, -0.05) is 0 Å². The molecular formula is C21H16Br2O7. The highest BCUT2D eigenvalue weighted by molar-refractivity contribution is 9.11. The Balaban J connectivity index is 2.13. The molecule has 1 heterocycles. The minimum Gasteiger partial charge on any atom is -0.457 e. The van der Waals surface area contributed by atoms with Crippen molar-refractivity contribution in [3.8, 4) is 11.5 Å². The molecule has 1 N–H and O–H groups in total. The highest BCUT2D eigenvalue weighted by Crippen LogP contribution is 2.38. The van der Waals surface area contributed by atoms with E-state index in [1.54, 1.807) is 6.07 Å². The number of aliphatic hydroxyl groups excluding tert-OH is 1. The zero-order valence-electron chi connectivity index (χ0n) is 16.1. The maximum Gasteiger partial charge on any atom is 0.308 e. The molecule has 7 nitrogen and oxygen atoms in total. The van der Waals surface area contributed by atoms with Crippen molar-refractivity contribution in [3.63, 3.8) is 0 Å². The van der Waals surface area contributed by atoms with Gasteiger partial charge >= 0.3 is 11.9 Å². The number of carbonyl (C=O) groups is 3. The Morgan fingerprint density at radius 2 is 1.60 bits per heavy atom. The number of hydrogen-bond donors (Lipinski definition) is 1. The van der Waals surface area contributed by atoms with Crippen LogP contribution < -0.4 is 9.47 Å². The SMILES string of the molecule is CC(=O)Oc1ccc2c(C(=O)c3cc(Br)c(OC(C)=O)c(Br)c3)c(C(C)O)oc2c1. The third kappa shape index (κ3) is 4.48. The van der Waals surface area contributed by atoms with Crippen molar-refractivity contribution in [1.29, 1.82) is 0 Å². The van der Waals surface area contributed by atoms with Gasteiger partial charge in [-0.2, -0.15) is 0 Å².